The maximum Gasteiger partial charge on any atom is 0.192 e. The lowest BCUT2D eigenvalue weighted by Crippen LogP contribution is -2.61. The van der Waals surface area contributed by atoms with Crippen LogP contribution in [-0.4, -0.2) is 57.1 Å². The second-order valence-corrected chi connectivity index (χ2v) is 22.0. The number of rotatable bonds is 6. The SMILES string of the molecule is C#C[C@]1(OS(C)=O)C[C@@H](O[Si](C)(C)C(C)(C)C)C2OC2[C@H]1O[Si](C)(C)C(C)(C)C. The third-order valence-corrected chi connectivity index (χ3v) is 16.7. The number of epoxide rings is 1. The fourth-order valence-corrected chi connectivity index (χ4v) is 6.52. The van der Waals surface area contributed by atoms with Crippen molar-refractivity contribution in [1.82, 2.24) is 0 Å². The first-order valence-corrected chi connectivity index (χ1v) is 17.7. The Morgan fingerprint density at radius 2 is 1.48 bits per heavy atom. The molecule has 1 aliphatic heterocycles. The standard InChI is InChI=1S/C21H40O5SSi2/c1-13-21(26-27(8)22)14-15(24-28(9,10)19(2,3)4)16-17(23-16)18(21)25-29(11,12)20(5,6)7/h1,15-18H,14H2,2-12H3/t15-,16?,17?,18-,21+,27?/m1/s1. The maximum atomic E-state index is 12.1. The second-order valence-electron chi connectivity index (χ2n) is 11.5. The van der Waals surface area contributed by atoms with Gasteiger partial charge >= 0.3 is 0 Å². The first-order valence-electron chi connectivity index (χ1n) is 10.4. The first-order chi connectivity index (χ1) is 12.9. The van der Waals surface area contributed by atoms with Gasteiger partial charge in [-0.3, -0.25) is 4.18 Å². The van der Waals surface area contributed by atoms with Crippen LogP contribution in [0.1, 0.15) is 48.0 Å². The van der Waals surface area contributed by atoms with Crippen molar-refractivity contribution in [2.45, 2.75) is 114 Å². The molecule has 1 aliphatic carbocycles. The molecule has 2 rings (SSSR count). The van der Waals surface area contributed by atoms with E-state index in [9.17, 15) is 4.21 Å². The molecule has 168 valence electrons. The average molecular weight is 461 g/mol. The molecule has 2 fully saturated rings. The van der Waals surface area contributed by atoms with Crippen LogP contribution < -0.4 is 0 Å². The number of ether oxygens (including phenoxy) is 1. The first kappa shape index (κ1) is 25.2. The van der Waals surface area contributed by atoms with Crippen molar-refractivity contribution in [3.63, 3.8) is 0 Å². The molecule has 0 aromatic heterocycles. The molecule has 0 spiro atoms. The lowest BCUT2D eigenvalue weighted by Gasteiger charge is -2.47. The van der Waals surface area contributed by atoms with Gasteiger partial charge < -0.3 is 13.6 Å². The van der Waals surface area contributed by atoms with Crippen molar-refractivity contribution in [3.05, 3.63) is 0 Å². The smallest absolute Gasteiger partial charge is 0.192 e. The third-order valence-electron chi connectivity index (χ3n) is 7.18. The van der Waals surface area contributed by atoms with Gasteiger partial charge in [0.15, 0.2) is 33.3 Å². The van der Waals surface area contributed by atoms with Gasteiger partial charge in [0.2, 0.25) is 0 Å². The lowest BCUT2D eigenvalue weighted by molar-refractivity contribution is -0.0469. The van der Waals surface area contributed by atoms with Crippen LogP contribution in [0.15, 0.2) is 0 Å². The van der Waals surface area contributed by atoms with Gasteiger partial charge in [0.05, 0.1) is 6.10 Å². The van der Waals surface area contributed by atoms with Crippen LogP contribution in [-0.2, 0) is 28.9 Å². The molecular weight excluding hydrogens is 420 g/mol. The minimum Gasteiger partial charge on any atom is -0.411 e. The Balaban J connectivity index is 2.37. The number of terminal acetylenes is 1. The van der Waals surface area contributed by atoms with E-state index in [2.05, 4.69) is 73.7 Å². The Hall–Kier alpha value is -0.0162. The van der Waals surface area contributed by atoms with Gasteiger partial charge in [0, 0.05) is 12.7 Å². The Morgan fingerprint density at radius 3 is 1.90 bits per heavy atom. The van der Waals surface area contributed by atoms with Crippen molar-refractivity contribution in [3.8, 4) is 12.3 Å². The van der Waals surface area contributed by atoms with E-state index < -0.39 is 39.4 Å². The summed E-state index contributed by atoms with van der Waals surface area (Å²) < 4.78 is 37.5. The van der Waals surface area contributed by atoms with Crippen LogP contribution in [0, 0.1) is 12.3 Å². The van der Waals surface area contributed by atoms with Gasteiger partial charge in [-0.1, -0.05) is 47.5 Å². The molecule has 0 N–H and O–H groups in total. The zero-order valence-electron chi connectivity index (χ0n) is 20.0. The summed E-state index contributed by atoms with van der Waals surface area (Å²) >= 11 is -1.53. The summed E-state index contributed by atoms with van der Waals surface area (Å²) in [4.78, 5) is 0. The van der Waals surface area contributed by atoms with Crippen LogP contribution in [0.4, 0.5) is 0 Å². The minimum atomic E-state index is -2.15. The van der Waals surface area contributed by atoms with Crippen molar-refractivity contribution >= 4 is 27.7 Å². The van der Waals surface area contributed by atoms with E-state index in [4.69, 9.17) is 24.2 Å². The second kappa shape index (κ2) is 7.84. The van der Waals surface area contributed by atoms with E-state index in [1.807, 2.05) is 0 Å². The maximum absolute atomic E-state index is 12.1. The fourth-order valence-electron chi connectivity index (χ4n) is 3.25. The van der Waals surface area contributed by atoms with Crippen LogP contribution in [0.2, 0.25) is 36.3 Å². The molecule has 29 heavy (non-hydrogen) atoms. The monoisotopic (exact) mass is 460 g/mol. The Labute approximate surface area is 182 Å². The molecule has 0 bridgehead atoms. The molecule has 0 aromatic carbocycles. The topological polar surface area (TPSA) is 57.3 Å². The molecule has 5 nitrogen and oxygen atoms in total. The normalized spacial score (nSPS) is 34.3. The van der Waals surface area contributed by atoms with E-state index in [-0.39, 0.29) is 28.4 Å². The molecule has 1 saturated heterocycles. The zero-order chi connectivity index (χ0) is 22.6. The van der Waals surface area contributed by atoms with Crippen molar-refractivity contribution in [2.75, 3.05) is 6.26 Å². The highest BCUT2D eigenvalue weighted by Gasteiger charge is 2.66. The number of hydrogen-bond donors (Lipinski definition) is 0. The third kappa shape index (κ3) is 5.08. The van der Waals surface area contributed by atoms with Crippen LogP contribution in [0.25, 0.3) is 0 Å². The highest BCUT2D eigenvalue weighted by molar-refractivity contribution is 7.79. The molecule has 0 amide bonds. The van der Waals surface area contributed by atoms with Gasteiger partial charge in [-0.15, -0.1) is 6.42 Å². The van der Waals surface area contributed by atoms with Gasteiger partial charge in [-0.2, -0.15) is 0 Å². The van der Waals surface area contributed by atoms with Gasteiger partial charge in [0.25, 0.3) is 0 Å². The van der Waals surface area contributed by atoms with Gasteiger partial charge in [-0.05, 0) is 36.3 Å². The van der Waals surface area contributed by atoms with Crippen molar-refractivity contribution in [1.29, 1.82) is 0 Å². The highest BCUT2D eigenvalue weighted by atomic mass is 32.2. The summed E-state index contributed by atoms with van der Waals surface area (Å²) in [6.07, 6.45) is 7.10. The van der Waals surface area contributed by atoms with E-state index in [1.54, 1.807) is 0 Å². The summed E-state index contributed by atoms with van der Waals surface area (Å²) in [5, 5.41) is 0.0801. The molecule has 1 heterocycles. The van der Waals surface area contributed by atoms with Crippen molar-refractivity contribution < 1.29 is 22.0 Å². The van der Waals surface area contributed by atoms with E-state index >= 15 is 0 Å². The minimum absolute atomic E-state index is 0.0115. The quantitative estimate of drug-likeness (QED) is 0.329. The van der Waals surface area contributed by atoms with Crippen molar-refractivity contribution in [2.24, 2.45) is 0 Å². The highest BCUT2D eigenvalue weighted by Crippen LogP contribution is 2.51. The summed E-state index contributed by atoms with van der Waals surface area (Å²) in [5.74, 6) is 2.82. The molecular formula is C21H40O5SSi2. The van der Waals surface area contributed by atoms with Gasteiger partial charge in [0.1, 0.15) is 18.3 Å². The van der Waals surface area contributed by atoms with E-state index in [1.165, 1.54) is 6.26 Å². The Bertz CT molecular complexity index is 689. The predicted octanol–water partition coefficient (Wildman–Crippen LogP) is 4.62. The van der Waals surface area contributed by atoms with Crippen LogP contribution in [0.5, 0.6) is 0 Å². The zero-order valence-corrected chi connectivity index (χ0v) is 22.9. The molecule has 1 saturated carbocycles. The summed E-state index contributed by atoms with van der Waals surface area (Å²) in [7, 11) is -4.18. The summed E-state index contributed by atoms with van der Waals surface area (Å²) in [6, 6.07) is 0. The Morgan fingerprint density at radius 1 is 1.00 bits per heavy atom. The molecule has 6 atom stereocenters. The number of hydrogen-bond acceptors (Lipinski definition) is 5. The fraction of sp³-hybridized carbons (Fsp3) is 0.905. The van der Waals surface area contributed by atoms with Crippen LogP contribution >= 0.6 is 0 Å². The average Bonchev–Trinajstić information content (AvgIpc) is 3.28. The lowest BCUT2D eigenvalue weighted by atomic mass is 9.81. The predicted molar refractivity (Wildman–Crippen MR) is 124 cm³/mol. The van der Waals surface area contributed by atoms with E-state index in [0.29, 0.717) is 6.42 Å². The van der Waals surface area contributed by atoms with Crippen LogP contribution in [0.3, 0.4) is 0 Å². The van der Waals surface area contributed by atoms with Gasteiger partial charge in [-0.25, -0.2) is 4.21 Å². The molecule has 0 radical (unpaired) electrons. The number of fused-ring (bicyclic) bond motifs is 1. The summed E-state index contributed by atoms with van der Waals surface area (Å²) in [5.41, 5.74) is -1.13. The largest absolute Gasteiger partial charge is 0.411 e. The van der Waals surface area contributed by atoms with E-state index in [0.717, 1.165) is 0 Å². The molecule has 2 aliphatic rings. The molecule has 3 unspecified atom stereocenters. The molecule has 0 aromatic rings. The Kier molecular flexibility index (Phi) is 6.82. The molecule has 8 heteroatoms. The summed E-state index contributed by atoms with van der Waals surface area (Å²) in [6.45, 7) is 22.0.